The second-order valence-corrected chi connectivity index (χ2v) is 5.22. The Balaban J connectivity index is 2.17. The molecule has 0 aromatic carbocycles. The first-order valence-electron chi connectivity index (χ1n) is 6.34. The minimum Gasteiger partial charge on any atom is -0.296 e. The quantitative estimate of drug-likeness (QED) is 0.774. The van der Waals surface area contributed by atoms with Crippen LogP contribution in [0.4, 0.5) is 0 Å². The number of pyridine rings is 1. The summed E-state index contributed by atoms with van der Waals surface area (Å²) in [7, 11) is 0. The highest BCUT2D eigenvalue weighted by Crippen LogP contribution is 2.33. The van der Waals surface area contributed by atoms with Gasteiger partial charge in [0.1, 0.15) is 0 Å². The predicted molar refractivity (Wildman–Crippen MR) is 67.4 cm³/mol. The summed E-state index contributed by atoms with van der Waals surface area (Å²) >= 11 is 0. The van der Waals surface area contributed by atoms with Gasteiger partial charge in [0.25, 0.3) is 0 Å². The highest BCUT2D eigenvalue weighted by Gasteiger charge is 2.27. The average molecular weight is 218 g/mol. The zero-order chi connectivity index (χ0) is 11.5. The maximum atomic E-state index is 4.41. The molecule has 0 bridgehead atoms. The molecule has 16 heavy (non-hydrogen) atoms. The van der Waals surface area contributed by atoms with Gasteiger partial charge in [-0.25, -0.2) is 0 Å². The third-order valence-corrected chi connectivity index (χ3v) is 3.37. The van der Waals surface area contributed by atoms with Crippen LogP contribution in [0, 0.1) is 12.8 Å². The van der Waals surface area contributed by atoms with Crippen molar-refractivity contribution in [1.29, 1.82) is 0 Å². The average Bonchev–Trinajstić information content (AvgIpc) is 2.66. The van der Waals surface area contributed by atoms with Crippen LogP contribution in [-0.2, 0) is 0 Å². The molecule has 1 atom stereocenters. The topological polar surface area (TPSA) is 16.1 Å². The monoisotopic (exact) mass is 218 g/mol. The molecule has 88 valence electrons. The summed E-state index contributed by atoms with van der Waals surface area (Å²) in [5, 5.41) is 0. The van der Waals surface area contributed by atoms with Gasteiger partial charge in [0.2, 0.25) is 0 Å². The van der Waals surface area contributed by atoms with E-state index in [0.29, 0.717) is 6.04 Å². The van der Waals surface area contributed by atoms with Crippen LogP contribution in [0.15, 0.2) is 18.3 Å². The van der Waals surface area contributed by atoms with Crippen LogP contribution in [0.3, 0.4) is 0 Å². The molecule has 1 aliphatic heterocycles. The van der Waals surface area contributed by atoms with Crippen molar-refractivity contribution < 1.29 is 0 Å². The van der Waals surface area contributed by atoms with Gasteiger partial charge in [-0.2, -0.15) is 0 Å². The molecule has 0 aliphatic carbocycles. The molecule has 2 nitrogen and oxygen atoms in total. The second kappa shape index (κ2) is 4.96. The molecule has 1 saturated heterocycles. The largest absolute Gasteiger partial charge is 0.296 e. The molecule has 2 heteroatoms. The zero-order valence-corrected chi connectivity index (χ0v) is 10.6. The van der Waals surface area contributed by atoms with E-state index in [1.165, 1.54) is 37.2 Å². The third-order valence-electron chi connectivity index (χ3n) is 3.37. The van der Waals surface area contributed by atoms with E-state index in [1.54, 1.807) is 0 Å². The second-order valence-electron chi connectivity index (χ2n) is 5.22. The Morgan fingerprint density at radius 2 is 2.31 bits per heavy atom. The fourth-order valence-electron chi connectivity index (χ4n) is 2.71. The molecule has 1 aromatic rings. The summed E-state index contributed by atoms with van der Waals surface area (Å²) in [6.07, 6.45) is 4.51. The molecule has 0 N–H and O–H groups in total. The Morgan fingerprint density at radius 1 is 1.50 bits per heavy atom. The molecule has 2 rings (SSSR count). The van der Waals surface area contributed by atoms with Crippen LogP contribution in [0.25, 0.3) is 0 Å². The Hall–Kier alpha value is -0.890. The fourth-order valence-corrected chi connectivity index (χ4v) is 2.71. The number of rotatable bonds is 3. The van der Waals surface area contributed by atoms with Gasteiger partial charge in [-0.05, 0) is 43.9 Å². The lowest BCUT2D eigenvalue weighted by molar-refractivity contribution is 0.228. The van der Waals surface area contributed by atoms with E-state index in [9.17, 15) is 0 Å². The van der Waals surface area contributed by atoms with Crippen molar-refractivity contribution in [3.8, 4) is 0 Å². The summed E-state index contributed by atoms with van der Waals surface area (Å²) < 4.78 is 0. The summed E-state index contributed by atoms with van der Waals surface area (Å²) in [5.41, 5.74) is 2.63. The van der Waals surface area contributed by atoms with Gasteiger partial charge in [0.15, 0.2) is 0 Å². The summed E-state index contributed by atoms with van der Waals surface area (Å²) in [5.74, 6) is 0.748. The van der Waals surface area contributed by atoms with E-state index < -0.39 is 0 Å². The third kappa shape index (κ3) is 2.43. The van der Waals surface area contributed by atoms with Crippen LogP contribution < -0.4 is 0 Å². The van der Waals surface area contributed by atoms with Gasteiger partial charge in [-0.15, -0.1) is 0 Å². The van der Waals surface area contributed by atoms with E-state index in [0.717, 1.165) is 5.92 Å². The Labute approximate surface area is 98.7 Å². The molecule has 1 fully saturated rings. The zero-order valence-electron chi connectivity index (χ0n) is 10.6. The lowest BCUT2D eigenvalue weighted by atomic mass is 10.0. The smallest absolute Gasteiger partial charge is 0.0420 e. The van der Waals surface area contributed by atoms with Crippen molar-refractivity contribution >= 4 is 0 Å². The van der Waals surface area contributed by atoms with E-state index in [4.69, 9.17) is 0 Å². The predicted octanol–water partition coefficient (Wildman–Crippen LogP) is 3.18. The standard InChI is InChI=1S/C14H22N2/c1-11(2)10-16-9-5-7-14(16)13-6-4-8-15-12(13)3/h4,6,8,11,14H,5,7,9-10H2,1-3H3/t14-/m1/s1. The highest BCUT2D eigenvalue weighted by molar-refractivity contribution is 5.23. The van der Waals surface area contributed by atoms with Crippen molar-refractivity contribution in [1.82, 2.24) is 9.88 Å². The number of likely N-dealkylation sites (tertiary alicyclic amines) is 1. The Bertz CT molecular complexity index is 346. The van der Waals surface area contributed by atoms with Crippen molar-refractivity contribution in [2.45, 2.75) is 39.7 Å². The normalized spacial score (nSPS) is 21.9. The van der Waals surface area contributed by atoms with Gasteiger partial charge in [-0.1, -0.05) is 19.9 Å². The van der Waals surface area contributed by atoms with Gasteiger partial charge < -0.3 is 0 Å². The molecule has 0 saturated carbocycles. The van der Waals surface area contributed by atoms with E-state index in [-0.39, 0.29) is 0 Å². The summed E-state index contributed by atoms with van der Waals surface area (Å²) in [4.78, 5) is 7.03. The molecule has 1 aliphatic rings. The summed E-state index contributed by atoms with van der Waals surface area (Å²) in [6.45, 7) is 9.17. The minimum absolute atomic E-state index is 0.607. The van der Waals surface area contributed by atoms with Crippen molar-refractivity contribution in [3.05, 3.63) is 29.6 Å². The minimum atomic E-state index is 0.607. The van der Waals surface area contributed by atoms with Gasteiger partial charge in [0, 0.05) is 24.5 Å². The van der Waals surface area contributed by atoms with Crippen molar-refractivity contribution in [3.63, 3.8) is 0 Å². The number of nitrogens with zero attached hydrogens (tertiary/aromatic N) is 2. The lowest BCUT2D eigenvalue weighted by Crippen LogP contribution is -2.27. The molecule has 0 radical (unpaired) electrons. The maximum absolute atomic E-state index is 4.41. The first-order valence-corrected chi connectivity index (χ1v) is 6.34. The van der Waals surface area contributed by atoms with Crippen molar-refractivity contribution in [2.24, 2.45) is 5.92 Å². The fraction of sp³-hybridized carbons (Fsp3) is 0.643. The van der Waals surface area contributed by atoms with E-state index in [2.05, 4.69) is 42.8 Å². The first-order chi connectivity index (χ1) is 7.68. The van der Waals surface area contributed by atoms with Crippen molar-refractivity contribution in [2.75, 3.05) is 13.1 Å². The molecular weight excluding hydrogens is 196 g/mol. The molecule has 2 heterocycles. The van der Waals surface area contributed by atoms with Gasteiger partial charge >= 0.3 is 0 Å². The highest BCUT2D eigenvalue weighted by atomic mass is 15.2. The SMILES string of the molecule is Cc1ncccc1[C@H]1CCCN1CC(C)C. The van der Waals surface area contributed by atoms with Crippen LogP contribution in [0.5, 0.6) is 0 Å². The van der Waals surface area contributed by atoms with Crippen LogP contribution in [0.1, 0.15) is 44.0 Å². The summed E-state index contributed by atoms with van der Waals surface area (Å²) in [6, 6.07) is 4.91. The number of hydrogen-bond donors (Lipinski definition) is 0. The van der Waals surface area contributed by atoms with Gasteiger partial charge in [0.05, 0.1) is 0 Å². The van der Waals surface area contributed by atoms with Crippen LogP contribution in [-0.4, -0.2) is 23.0 Å². The Morgan fingerprint density at radius 3 is 3.00 bits per heavy atom. The van der Waals surface area contributed by atoms with Crippen LogP contribution in [0.2, 0.25) is 0 Å². The van der Waals surface area contributed by atoms with Crippen LogP contribution >= 0.6 is 0 Å². The molecule has 0 unspecified atom stereocenters. The number of aryl methyl sites for hydroxylation is 1. The lowest BCUT2D eigenvalue weighted by Gasteiger charge is -2.27. The van der Waals surface area contributed by atoms with Gasteiger partial charge in [-0.3, -0.25) is 9.88 Å². The molecule has 0 spiro atoms. The maximum Gasteiger partial charge on any atom is 0.0420 e. The molecule has 1 aromatic heterocycles. The molecular formula is C14H22N2. The Kier molecular flexibility index (Phi) is 3.59. The number of hydrogen-bond acceptors (Lipinski definition) is 2. The van der Waals surface area contributed by atoms with E-state index in [1.807, 2.05) is 6.20 Å². The first kappa shape index (κ1) is 11.6. The molecule has 0 amide bonds. The number of aromatic nitrogens is 1. The van der Waals surface area contributed by atoms with E-state index >= 15 is 0 Å².